The molecule has 0 heterocycles. The number of hydrogen-bond donors (Lipinski definition) is 1. The maximum atomic E-state index is 10.7. The van der Waals surface area contributed by atoms with Crippen LogP contribution in [0.25, 0.3) is 0 Å². The number of nitro groups is 1. The molecule has 4 nitrogen and oxygen atoms in total. The van der Waals surface area contributed by atoms with E-state index < -0.39 is 0 Å². The number of rotatable bonds is 6. The van der Waals surface area contributed by atoms with Crippen molar-refractivity contribution in [1.82, 2.24) is 5.32 Å². The van der Waals surface area contributed by atoms with E-state index in [1.54, 1.807) is 30.8 Å². The Kier molecular flexibility index (Phi) is 5.28. The van der Waals surface area contributed by atoms with Crippen molar-refractivity contribution in [3.05, 3.63) is 39.4 Å². The summed E-state index contributed by atoms with van der Waals surface area (Å²) in [6.45, 7) is 3.40. The average molecular weight is 240 g/mol. The van der Waals surface area contributed by atoms with Crippen LogP contribution in [0.2, 0.25) is 0 Å². The Balaban J connectivity index is 2.66. The van der Waals surface area contributed by atoms with E-state index in [1.165, 1.54) is 0 Å². The van der Waals surface area contributed by atoms with Gasteiger partial charge in [0, 0.05) is 30.5 Å². The zero-order chi connectivity index (χ0) is 12.0. The average Bonchev–Trinajstić information content (AvgIpc) is 2.26. The summed E-state index contributed by atoms with van der Waals surface area (Å²) in [6.07, 6.45) is 2.06. The van der Waals surface area contributed by atoms with Crippen molar-refractivity contribution in [2.24, 2.45) is 0 Å². The first-order valence-electron chi connectivity index (χ1n) is 5.09. The van der Waals surface area contributed by atoms with E-state index >= 15 is 0 Å². The first kappa shape index (κ1) is 13.0. The van der Waals surface area contributed by atoms with Crippen molar-refractivity contribution in [2.45, 2.75) is 13.5 Å². The molecule has 0 unspecified atom stereocenters. The van der Waals surface area contributed by atoms with Gasteiger partial charge in [-0.1, -0.05) is 12.1 Å². The van der Waals surface area contributed by atoms with Crippen LogP contribution in [0.3, 0.4) is 0 Å². The van der Waals surface area contributed by atoms with Crippen LogP contribution in [0.15, 0.2) is 18.2 Å². The van der Waals surface area contributed by atoms with Crippen molar-refractivity contribution < 1.29 is 4.92 Å². The quantitative estimate of drug-likeness (QED) is 0.471. The maximum absolute atomic E-state index is 10.7. The highest BCUT2D eigenvalue weighted by atomic mass is 32.2. The zero-order valence-corrected chi connectivity index (χ0v) is 10.3. The lowest BCUT2D eigenvalue weighted by atomic mass is 10.1. The van der Waals surface area contributed by atoms with Gasteiger partial charge in [0.05, 0.1) is 4.92 Å². The van der Waals surface area contributed by atoms with Gasteiger partial charge in [-0.3, -0.25) is 10.1 Å². The van der Waals surface area contributed by atoms with Crippen molar-refractivity contribution in [3.8, 4) is 0 Å². The Morgan fingerprint density at radius 2 is 2.25 bits per heavy atom. The number of nitrogens with zero attached hydrogens (tertiary/aromatic N) is 1. The number of hydrogen-bond acceptors (Lipinski definition) is 4. The highest BCUT2D eigenvalue weighted by molar-refractivity contribution is 7.98. The third-order valence-electron chi connectivity index (χ3n) is 2.41. The molecule has 0 saturated carbocycles. The zero-order valence-electron chi connectivity index (χ0n) is 9.53. The molecular formula is C11H16N2O2S. The molecule has 0 radical (unpaired) electrons. The summed E-state index contributed by atoms with van der Waals surface area (Å²) in [7, 11) is 0. The topological polar surface area (TPSA) is 55.2 Å². The van der Waals surface area contributed by atoms with Crippen LogP contribution in [0, 0.1) is 17.0 Å². The lowest BCUT2D eigenvalue weighted by Crippen LogP contribution is -2.17. The molecule has 0 fully saturated rings. The largest absolute Gasteiger partial charge is 0.312 e. The molecular weight excluding hydrogens is 224 g/mol. The predicted octanol–water partition coefficient (Wildman–Crippen LogP) is 2.36. The minimum absolute atomic E-state index is 0.198. The fourth-order valence-electron chi connectivity index (χ4n) is 1.46. The molecule has 1 aromatic carbocycles. The number of benzene rings is 1. The highest BCUT2D eigenvalue weighted by Crippen LogP contribution is 2.20. The minimum atomic E-state index is -0.333. The van der Waals surface area contributed by atoms with Crippen LogP contribution in [0.1, 0.15) is 11.1 Å². The van der Waals surface area contributed by atoms with Gasteiger partial charge in [0.15, 0.2) is 0 Å². The molecule has 0 aliphatic carbocycles. The van der Waals surface area contributed by atoms with Crippen molar-refractivity contribution in [1.29, 1.82) is 0 Å². The lowest BCUT2D eigenvalue weighted by Gasteiger charge is -2.07. The monoisotopic (exact) mass is 240 g/mol. The van der Waals surface area contributed by atoms with E-state index in [9.17, 15) is 10.1 Å². The van der Waals surface area contributed by atoms with Gasteiger partial charge in [-0.2, -0.15) is 11.8 Å². The molecule has 0 saturated heterocycles. The van der Waals surface area contributed by atoms with E-state index in [0.29, 0.717) is 6.54 Å². The van der Waals surface area contributed by atoms with Crippen molar-refractivity contribution >= 4 is 17.4 Å². The second-order valence-corrected chi connectivity index (χ2v) is 4.47. The summed E-state index contributed by atoms with van der Waals surface area (Å²) < 4.78 is 0. The fraction of sp³-hybridized carbons (Fsp3) is 0.455. The molecule has 1 N–H and O–H groups in total. The lowest BCUT2D eigenvalue weighted by molar-refractivity contribution is -0.385. The Hall–Kier alpha value is -1.07. The van der Waals surface area contributed by atoms with Gasteiger partial charge in [0.25, 0.3) is 5.69 Å². The van der Waals surface area contributed by atoms with E-state index in [4.69, 9.17) is 0 Å². The first-order chi connectivity index (χ1) is 7.66. The molecule has 88 valence electrons. The summed E-state index contributed by atoms with van der Waals surface area (Å²) in [6, 6.07) is 5.20. The van der Waals surface area contributed by atoms with Gasteiger partial charge in [0.1, 0.15) is 0 Å². The van der Waals surface area contributed by atoms with Crippen molar-refractivity contribution in [3.63, 3.8) is 0 Å². The Labute approximate surface area is 99.6 Å². The van der Waals surface area contributed by atoms with Gasteiger partial charge in [-0.05, 0) is 18.7 Å². The second-order valence-electron chi connectivity index (χ2n) is 3.49. The van der Waals surface area contributed by atoms with E-state index in [1.807, 2.05) is 6.07 Å². The molecule has 0 aromatic heterocycles. The Morgan fingerprint density at radius 3 is 2.88 bits per heavy atom. The molecule has 0 aliphatic heterocycles. The van der Waals surface area contributed by atoms with Gasteiger partial charge < -0.3 is 5.32 Å². The molecule has 0 bridgehead atoms. The summed E-state index contributed by atoms with van der Waals surface area (Å²) in [5.74, 6) is 1.05. The van der Waals surface area contributed by atoms with E-state index in [0.717, 1.165) is 23.4 Å². The normalized spacial score (nSPS) is 10.4. The third kappa shape index (κ3) is 3.50. The van der Waals surface area contributed by atoms with Crippen molar-refractivity contribution in [2.75, 3.05) is 18.6 Å². The molecule has 0 spiro atoms. The second kappa shape index (κ2) is 6.50. The van der Waals surface area contributed by atoms with E-state index in [-0.39, 0.29) is 10.6 Å². The molecule has 1 aromatic rings. The van der Waals surface area contributed by atoms with Gasteiger partial charge in [-0.25, -0.2) is 0 Å². The van der Waals surface area contributed by atoms with Gasteiger partial charge >= 0.3 is 0 Å². The van der Waals surface area contributed by atoms with Gasteiger partial charge in [0.2, 0.25) is 0 Å². The van der Waals surface area contributed by atoms with Gasteiger partial charge in [-0.15, -0.1) is 0 Å². The predicted molar refractivity (Wildman–Crippen MR) is 67.9 cm³/mol. The SMILES string of the molecule is CSCCNCc1cccc([N+](=O)[O-])c1C. The molecule has 0 aliphatic rings. The Bertz CT molecular complexity index is 369. The maximum Gasteiger partial charge on any atom is 0.272 e. The molecule has 5 heteroatoms. The van der Waals surface area contributed by atoms with Crippen LogP contribution in [-0.2, 0) is 6.54 Å². The van der Waals surface area contributed by atoms with Crippen LogP contribution < -0.4 is 5.32 Å². The van der Waals surface area contributed by atoms with Crippen LogP contribution in [-0.4, -0.2) is 23.5 Å². The summed E-state index contributed by atoms with van der Waals surface area (Å²) in [5.41, 5.74) is 1.95. The number of nitro benzene ring substituents is 1. The van der Waals surface area contributed by atoms with E-state index in [2.05, 4.69) is 11.6 Å². The summed E-state index contributed by atoms with van der Waals surface area (Å²) in [5, 5.41) is 14.0. The number of nitrogens with one attached hydrogen (secondary N) is 1. The summed E-state index contributed by atoms with van der Waals surface area (Å²) >= 11 is 1.78. The first-order valence-corrected chi connectivity index (χ1v) is 6.48. The minimum Gasteiger partial charge on any atom is -0.312 e. The molecule has 1 rings (SSSR count). The highest BCUT2D eigenvalue weighted by Gasteiger charge is 2.12. The van der Waals surface area contributed by atoms with Crippen LogP contribution >= 0.6 is 11.8 Å². The Morgan fingerprint density at radius 1 is 1.50 bits per heavy atom. The smallest absolute Gasteiger partial charge is 0.272 e. The number of thioether (sulfide) groups is 1. The fourth-order valence-corrected chi connectivity index (χ4v) is 1.80. The molecule has 16 heavy (non-hydrogen) atoms. The molecule has 0 amide bonds. The molecule has 0 atom stereocenters. The van der Waals surface area contributed by atoms with Crippen LogP contribution in [0.4, 0.5) is 5.69 Å². The third-order valence-corrected chi connectivity index (χ3v) is 3.02. The summed E-state index contributed by atoms with van der Waals surface area (Å²) in [4.78, 5) is 10.4. The standard InChI is InChI=1S/C11H16N2O2S/c1-9-10(8-12-6-7-16-2)4-3-5-11(9)13(14)15/h3-5,12H,6-8H2,1-2H3. The van der Waals surface area contributed by atoms with Crippen LogP contribution in [0.5, 0.6) is 0 Å².